The minimum Gasteiger partial charge on any atom is -0.468 e. The summed E-state index contributed by atoms with van der Waals surface area (Å²) < 4.78 is 4.84. The Balaban J connectivity index is 2.71. The second-order valence-corrected chi connectivity index (χ2v) is 4.68. The number of ether oxygens (including phenoxy) is 1. The smallest absolute Gasteiger partial charge is 0.323 e. The zero-order valence-corrected chi connectivity index (χ0v) is 11.8. The fourth-order valence-electron chi connectivity index (χ4n) is 1.93. The Labute approximate surface area is 108 Å². The van der Waals surface area contributed by atoms with E-state index in [0.717, 1.165) is 23.4 Å². The number of rotatable bonds is 6. The summed E-state index contributed by atoms with van der Waals surface area (Å²) in [5, 5.41) is 10.4. The van der Waals surface area contributed by atoms with Gasteiger partial charge in [0.15, 0.2) is 0 Å². The highest BCUT2D eigenvalue weighted by molar-refractivity contribution is 5.76. The number of nitrogens with zero attached hydrogens (tertiary/aromatic N) is 1. The summed E-state index contributed by atoms with van der Waals surface area (Å²) in [7, 11) is 1.42. The number of H-pyrrole nitrogens is 1. The molecule has 2 N–H and O–H groups in total. The van der Waals surface area contributed by atoms with Crippen molar-refractivity contribution in [3.8, 4) is 0 Å². The van der Waals surface area contributed by atoms with E-state index in [2.05, 4.69) is 22.4 Å². The lowest BCUT2D eigenvalue weighted by Gasteiger charge is -2.22. The van der Waals surface area contributed by atoms with Gasteiger partial charge >= 0.3 is 5.97 Å². The van der Waals surface area contributed by atoms with Crippen LogP contribution in [0.1, 0.15) is 37.2 Å². The van der Waals surface area contributed by atoms with Gasteiger partial charge in [0, 0.05) is 17.8 Å². The van der Waals surface area contributed by atoms with Crippen molar-refractivity contribution < 1.29 is 9.53 Å². The Morgan fingerprint density at radius 3 is 2.61 bits per heavy atom. The van der Waals surface area contributed by atoms with Crippen LogP contribution >= 0.6 is 0 Å². The quantitative estimate of drug-likeness (QED) is 0.757. The van der Waals surface area contributed by atoms with Crippen molar-refractivity contribution >= 4 is 5.97 Å². The first kappa shape index (κ1) is 14.7. The van der Waals surface area contributed by atoms with E-state index in [9.17, 15) is 4.79 Å². The van der Waals surface area contributed by atoms with Gasteiger partial charge < -0.3 is 4.74 Å². The summed E-state index contributed by atoms with van der Waals surface area (Å²) in [5.74, 6) is 0.0353. The van der Waals surface area contributed by atoms with Crippen LogP contribution in [0.3, 0.4) is 0 Å². The van der Waals surface area contributed by atoms with Crippen LogP contribution in [0.4, 0.5) is 0 Å². The van der Waals surface area contributed by atoms with E-state index in [4.69, 9.17) is 4.74 Å². The first-order valence-electron chi connectivity index (χ1n) is 6.32. The van der Waals surface area contributed by atoms with Gasteiger partial charge in [-0.1, -0.05) is 20.3 Å². The number of aryl methyl sites for hydroxylation is 2. The molecule has 0 saturated heterocycles. The normalized spacial score (nSPS) is 14.3. The Morgan fingerprint density at radius 1 is 1.50 bits per heavy atom. The van der Waals surface area contributed by atoms with Crippen LogP contribution in [0.5, 0.6) is 0 Å². The number of nitrogens with one attached hydrogen (secondary N) is 2. The molecule has 2 atom stereocenters. The molecule has 2 unspecified atom stereocenters. The molecule has 0 saturated carbocycles. The Kier molecular flexibility index (Phi) is 5.34. The number of aromatic amines is 1. The largest absolute Gasteiger partial charge is 0.468 e. The van der Waals surface area contributed by atoms with Crippen LogP contribution in [0.25, 0.3) is 0 Å². The highest BCUT2D eigenvalue weighted by atomic mass is 16.5. The molecular formula is C13H23N3O2. The highest BCUT2D eigenvalue weighted by Gasteiger charge is 2.24. The van der Waals surface area contributed by atoms with Crippen LogP contribution in [0.2, 0.25) is 0 Å². The molecule has 0 radical (unpaired) electrons. The lowest BCUT2D eigenvalue weighted by atomic mass is 9.99. The molecule has 0 spiro atoms. The van der Waals surface area contributed by atoms with Crippen LogP contribution in [-0.2, 0) is 16.1 Å². The van der Waals surface area contributed by atoms with Crippen molar-refractivity contribution in [1.29, 1.82) is 0 Å². The molecule has 102 valence electrons. The molecule has 1 aromatic rings. The molecule has 1 rings (SSSR count). The summed E-state index contributed by atoms with van der Waals surface area (Å²) in [6.07, 6.45) is 0.927. The third-order valence-electron chi connectivity index (χ3n) is 3.45. The molecule has 0 aliphatic rings. The Hall–Kier alpha value is -1.36. The summed E-state index contributed by atoms with van der Waals surface area (Å²) in [6, 6.07) is -0.270. The number of carbonyl (C=O) groups excluding carboxylic acids is 1. The molecule has 0 aromatic carbocycles. The molecule has 5 heteroatoms. The van der Waals surface area contributed by atoms with Crippen molar-refractivity contribution in [3.63, 3.8) is 0 Å². The highest BCUT2D eigenvalue weighted by Crippen LogP contribution is 2.13. The van der Waals surface area contributed by atoms with E-state index in [1.165, 1.54) is 7.11 Å². The molecule has 1 heterocycles. The van der Waals surface area contributed by atoms with Crippen LogP contribution in [-0.4, -0.2) is 29.3 Å². The second-order valence-electron chi connectivity index (χ2n) is 4.68. The topological polar surface area (TPSA) is 67.0 Å². The fourth-order valence-corrected chi connectivity index (χ4v) is 1.93. The number of hydrogen-bond acceptors (Lipinski definition) is 4. The first-order chi connectivity index (χ1) is 8.51. The Morgan fingerprint density at radius 2 is 2.17 bits per heavy atom. The van der Waals surface area contributed by atoms with E-state index in [0.29, 0.717) is 6.54 Å². The number of carbonyl (C=O) groups is 1. The fraction of sp³-hybridized carbons (Fsp3) is 0.692. The molecule has 18 heavy (non-hydrogen) atoms. The molecule has 0 fully saturated rings. The van der Waals surface area contributed by atoms with Crippen molar-refractivity contribution in [2.45, 2.75) is 46.7 Å². The van der Waals surface area contributed by atoms with Crippen molar-refractivity contribution in [1.82, 2.24) is 15.5 Å². The summed E-state index contributed by atoms with van der Waals surface area (Å²) in [4.78, 5) is 11.7. The molecule has 0 aliphatic heterocycles. The van der Waals surface area contributed by atoms with Gasteiger partial charge in [-0.15, -0.1) is 0 Å². The van der Waals surface area contributed by atoms with Crippen molar-refractivity contribution in [2.24, 2.45) is 5.92 Å². The van der Waals surface area contributed by atoms with E-state index in [-0.39, 0.29) is 17.9 Å². The number of esters is 1. The van der Waals surface area contributed by atoms with E-state index < -0.39 is 0 Å². The lowest BCUT2D eigenvalue weighted by Crippen LogP contribution is -2.42. The number of aromatic nitrogens is 2. The van der Waals surface area contributed by atoms with Gasteiger partial charge in [0.2, 0.25) is 0 Å². The van der Waals surface area contributed by atoms with Gasteiger partial charge in [0.05, 0.1) is 12.8 Å². The standard InChI is InChI=1S/C13H23N3O2/c1-6-8(2)12(13(17)18-5)14-7-11-9(3)15-16-10(11)4/h8,12,14H,6-7H2,1-5H3,(H,15,16). The number of hydrogen-bond donors (Lipinski definition) is 2. The van der Waals surface area contributed by atoms with Crippen LogP contribution < -0.4 is 5.32 Å². The van der Waals surface area contributed by atoms with Gasteiger partial charge in [0.1, 0.15) is 6.04 Å². The predicted molar refractivity (Wildman–Crippen MR) is 70.2 cm³/mol. The monoisotopic (exact) mass is 253 g/mol. The van der Waals surface area contributed by atoms with Crippen molar-refractivity contribution in [2.75, 3.05) is 7.11 Å². The second kappa shape index (κ2) is 6.54. The minimum atomic E-state index is -0.270. The van der Waals surface area contributed by atoms with Crippen LogP contribution in [0, 0.1) is 19.8 Å². The molecular weight excluding hydrogens is 230 g/mol. The third kappa shape index (κ3) is 3.32. The molecule has 0 bridgehead atoms. The average Bonchev–Trinajstić information content (AvgIpc) is 2.69. The number of methoxy groups -OCH3 is 1. The first-order valence-corrected chi connectivity index (χ1v) is 6.32. The van der Waals surface area contributed by atoms with Crippen LogP contribution in [0.15, 0.2) is 0 Å². The van der Waals surface area contributed by atoms with E-state index >= 15 is 0 Å². The molecule has 0 aliphatic carbocycles. The van der Waals surface area contributed by atoms with Crippen molar-refractivity contribution in [3.05, 3.63) is 17.0 Å². The molecule has 0 amide bonds. The zero-order chi connectivity index (χ0) is 13.7. The zero-order valence-electron chi connectivity index (χ0n) is 11.8. The van der Waals surface area contributed by atoms with Gasteiger partial charge in [-0.25, -0.2) is 0 Å². The summed E-state index contributed by atoms with van der Waals surface area (Å²) in [5.41, 5.74) is 3.12. The Bertz CT molecular complexity index is 381. The maximum Gasteiger partial charge on any atom is 0.323 e. The molecule has 1 aromatic heterocycles. The SMILES string of the molecule is CCC(C)C(NCc1c(C)n[nH]c1C)C(=O)OC. The lowest BCUT2D eigenvalue weighted by molar-refractivity contribution is -0.144. The van der Waals surface area contributed by atoms with E-state index in [1.54, 1.807) is 0 Å². The third-order valence-corrected chi connectivity index (χ3v) is 3.45. The van der Waals surface area contributed by atoms with E-state index in [1.807, 2.05) is 20.8 Å². The summed E-state index contributed by atoms with van der Waals surface area (Å²) >= 11 is 0. The van der Waals surface area contributed by atoms with Gasteiger partial charge in [-0.05, 0) is 19.8 Å². The van der Waals surface area contributed by atoms with Gasteiger partial charge in [-0.2, -0.15) is 5.10 Å². The maximum absolute atomic E-state index is 11.7. The van der Waals surface area contributed by atoms with Gasteiger partial charge in [-0.3, -0.25) is 15.2 Å². The van der Waals surface area contributed by atoms with Gasteiger partial charge in [0.25, 0.3) is 0 Å². The maximum atomic E-state index is 11.7. The predicted octanol–water partition coefficient (Wildman–Crippen LogP) is 1.70. The average molecular weight is 253 g/mol. The molecule has 5 nitrogen and oxygen atoms in total. The minimum absolute atomic E-state index is 0.205. The summed E-state index contributed by atoms with van der Waals surface area (Å²) in [6.45, 7) is 8.67.